The average Bonchev–Trinajstić information content (AvgIpc) is 2.20. The van der Waals surface area contributed by atoms with E-state index in [0.29, 0.717) is 5.25 Å². The third-order valence-corrected chi connectivity index (χ3v) is 3.27. The third kappa shape index (κ3) is 5.01. The number of nitrogens with zero attached hydrogens (tertiary/aromatic N) is 1. The summed E-state index contributed by atoms with van der Waals surface area (Å²) in [6, 6.07) is 8.82. The Hall–Kier alpha value is -0.510. The summed E-state index contributed by atoms with van der Waals surface area (Å²) < 4.78 is 0. The minimum atomic E-state index is 0.644. The Labute approximate surface area is 103 Å². The third-order valence-electron chi connectivity index (χ3n) is 2.26. The first-order chi connectivity index (χ1) is 7.61. The van der Waals surface area contributed by atoms with Gasteiger partial charge in [-0.15, -0.1) is 11.8 Å². The van der Waals surface area contributed by atoms with Crippen LogP contribution in [-0.2, 0) is 6.54 Å². The van der Waals surface area contributed by atoms with Crippen molar-refractivity contribution >= 4 is 11.8 Å². The fourth-order valence-corrected chi connectivity index (χ4v) is 2.39. The molecule has 0 spiro atoms. The van der Waals surface area contributed by atoms with Crippen molar-refractivity contribution in [2.75, 3.05) is 20.1 Å². The van der Waals surface area contributed by atoms with Crippen LogP contribution in [0.5, 0.6) is 0 Å². The first-order valence-corrected chi connectivity index (χ1v) is 6.64. The smallest absolute Gasteiger partial charge is 0.0231 e. The molecule has 16 heavy (non-hydrogen) atoms. The Morgan fingerprint density at radius 1 is 1.25 bits per heavy atom. The molecule has 0 saturated carbocycles. The van der Waals surface area contributed by atoms with Crippen LogP contribution in [0.15, 0.2) is 29.2 Å². The number of likely N-dealkylation sites (N-methyl/N-ethyl adjacent to an activating group) is 1. The number of benzene rings is 1. The van der Waals surface area contributed by atoms with Gasteiger partial charge in [0.1, 0.15) is 0 Å². The lowest BCUT2D eigenvalue weighted by Gasteiger charge is -2.15. The van der Waals surface area contributed by atoms with Crippen molar-refractivity contribution in [2.24, 2.45) is 5.73 Å². The first kappa shape index (κ1) is 13.6. The van der Waals surface area contributed by atoms with Crippen LogP contribution in [0, 0.1) is 0 Å². The van der Waals surface area contributed by atoms with E-state index in [1.165, 1.54) is 10.5 Å². The van der Waals surface area contributed by atoms with Crippen molar-refractivity contribution in [3.8, 4) is 0 Å². The second-order valence-electron chi connectivity index (χ2n) is 4.34. The maximum absolute atomic E-state index is 5.52. The molecule has 0 heterocycles. The predicted molar refractivity (Wildman–Crippen MR) is 72.8 cm³/mol. The van der Waals surface area contributed by atoms with Gasteiger partial charge in [0, 0.05) is 29.8 Å². The number of hydrogen-bond acceptors (Lipinski definition) is 3. The van der Waals surface area contributed by atoms with E-state index in [2.05, 4.69) is 50.1 Å². The summed E-state index contributed by atoms with van der Waals surface area (Å²) in [7, 11) is 2.10. The number of rotatable bonds is 6. The monoisotopic (exact) mass is 238 g/mol. The second-order valence-corrected chi connectivity index (χ2v) is 5.99. The summed E-state index contributed by atoms with van der Waals surface area (Å²) >= 11 is 1.90. The van der Waals surface area contributed by atoms with Crippen molar-refractivity contribution in [3.63, 3.8) is 0 Å². The number of hydrogen-bond donors (Lipinski definition) is 1. The molecule has 0 radical (unpaired) electrons. The van der Waals surface area contributed by atoms with Crippen molar-refractivity contribution in [3.05, 3.63) is 29.8 Å². The zero-order valence-electron chi connectivity index (χ0n) is 10.4. The van der Waals surface area contributed by atoms with E-state index >= 15 is 0 Å². The first-order valence-electron chi connectivity index (χ1n) is 5.76. The Balaban J connectivity index is 2.50. The van der Waals surface area contributed by atoms with Crippen LogP contribution in [0.3, 0.4) is 0 Å². The van der Waals surface area contributed by atoms with Crippen molar-refractivity contribution < 1.29 is 0 Å². The molecule has 3 heteroatoms. The van der Waals surface area contributed by atoms with Gasteiger partial charge in [-0.2, -0.15) is 0 Å². The quantitative estimate of drug-likeness (QED) is 0.772. The topological polar surface area (TPSA) is 29.3 Å². The molecule has 0 atom stereocenters. The van der Waals surface area contributed by atoms with Crippen molar-refractivity contribution in [1.82, 2.24) is 4.90 Å². The Kier molecular flexibility index (Phi) is 5.88. The van der Waals surface area contributed by atoms with Gasteiger partial charge in [-0.3, -0.25) is 0 Å². The molecule has 0 saturated heterocycles. The zero-order chi connectivity index (χ0) is 12.0. The highest BCUT2D eigenvalue weighted by Crippen LogP contribution is 2.23. The lowest BCUT2D eigenvalue weighted by molar-refractivity contribution is 0.336. The van der Waals surface area contributed by atoms with Crippen LogP contribution in [0.1, 0.15) is 19.4 Å². The molecule has 1 aromatic rings. The average molecular weight is 238 g/mol. The van der Waals surface area contributed by atoms with Crippen LogP contribution >= 0.6 is 11.8 Å². The molecule has 0 amide bonds. The van der Waals surface area contributed by atoms with Crippen LogP contribution in [0.4, 0.5) is 0 Å². The molecular formula is C13H22N2S. The Morgan fingerprint density at radius 3 is 2.38 bits per heavy atom. The highest BCUT2D eigenvalue weighted by atomic mass is 32.2. The highest BCUT2D eigenvalue weighted by Gasteiger charge is 2.01. The normalized spacial score (nSPS) is 11.4. The zero-order valence-corrected chi connectivity index (χ0v) is 11.3. The molecule has 0 bridgehead atoms. The maximum atomic E-state index is 5.52. The number of nitrogens with two attached hydrogens (primary N) is 1. The summed E-state index contributed by atoms with van der Waals surface area (Å²) in [6.45, 7) is 7.07. The molecule has 2 nitrogen and oxygen atoms in total. The predicted octanol–water partition coefficient (Wildman–Crippen LogP) is 2.58. The lowest BCUT2D eigenvalue weighted by Crippen LogP contribution is -2.24. The molecule has 0 aromatic heterocycles. The van der Waals surface area contributed by atoms with Gasteiger partial charge in [0.05, 0.1) is 0 Å². The fourth-order valence-electron chi connectivity index (χ4n) is 1.56. The van der Waals surface area contributed by atoms with Crippen LogP contribution in [0.25, 0.3) is 0 Å². The fraction of sp³-hybridized carbons (Fsp3) is 0.538. The van der Waals surface area contributed by atoms with E-state index in [-0.39, 0.29) is 0 Å². The summed E-state index contributed by atoms with van der Waals surface area (Å²) in [5.74, 6) is 0. The largest absolute Gasteiger partial charge is 0.329 e. The van der Waals surface area contributed by atoms with Gasteiger partial charge in [0.15, 0.2) is 0 Å². The number of thioether (sulfide) groups is 1. The van der Waals surface area contributed by atoms with Crippen molar-refractivity contribution in [2.45, 2.75) is 30.5 Å². The van der Waals surface area contributed by atoms with E-state index in [0.717, 1.165) is 19.6 Å². The minimum absolute atomic E-state index is 0.644. The molecule has 2 N–H and O–H groups in total. The van der Waals surface area contributed by atoms with E-state index in [4.69, 9.17) is 5.73 Å². The van der Waals surface area contributed by atoms with Gasteiger partial charge >= 0.3 is 0 Å². The molecule has 1 rings (SSSR count). The highest BCUT2D eigenvalue weighted by molar-refractivity contribution is 7.99. The molecule has 90 valence electrons. The maximum Gasteiger partial charge on any atom is 0.0231 e. The summed E-state index contributed by atoms with van der Waals surface area (Å²) in [6.07, 6.45) is 0. The molecule has 0 unspecified atom stereocenters. The summed E-state index contributed by atoms with van der Waals surface area (Å²) in [4.78, 5) is 3.59. The Morgan fingerprint density at radius 2 is 1.88 bits per heavy atom. The van der Waals surface area contributed by atoms with Crippen molar-refractivity contribution in [1.29, 1.82) is 0 Å². The molecule has 0 aliphatic heterocycles. The van der Waals surface area contributed by atoms with Gasteiger partial charge in [-0.25, -0.2) is 0 Å². The molecule has 0 fully saturated rings. The van der Waals surface area contributed by atoms with E-state index in [1.54, 1.807) is 0 Å². The van der Waals surface area contributed by atoms with Gasteiger partial charge in [-0.05, 0) is 24.7 Å². The van der Waals surface area contributed by atoms with Gasteiger partial charge < -0.3 is 10.6 Å². The van der Waals surface area contributed by atoms with E-state index in [1.807, 2.05) is 11.8 Å². The summed E-state index contributed by atoms with van der Waals surface area (Å²) in [5, 5.41) is 0.644. The molecule has 1 aromatic carbocycles. The molecule has 0 aliphatic rings. The van der Waals surface area contributed by atoms with Gasteiger partial charge in [0.2, 0.25) is 0 Å². The standard InChI is InChI=1S/C13H22N2S/c1-11(2)16-13-6-4-12(5-7-13)10-15(3)9-8-14/h4-7,11H,8-10,14H2,1-3H3. The molecule has 0 aliphatic carbocycles. The van der Waals surface area contributed by atoms with Gasteiger partial charge in [-0.1, -0.05) is 26.0 Å². The van der Waals surface area contributed by atoms with Gasteiger partial charge in [0.25, 0.3) is 0 Å². The van der Waals surface area contributed by atoms with E-state index in [9.17, 15) is 0 Å². The SMILES string of the molecule is CC(C)Sc1ccc(CN(C)CCN)cc1. The van der Waals surface area contributed by atoms with Crippen LogP contribution < -0.4 is 5.73 Å². The van der Waals surface area contributed by atoms with Crippen LogP contribution in [0.2, 0.25) is 0 Å². The van der Waals surface area contributed by atoms with E-state index < -0.39 is 0 Å². The lowest BCUT2D eigenvalue weighted by atomic mass is 10.2. The molecular weight excluding hydrogens is 216 g/mol. The van der Waals surface area contributed by atoms with Crippen LogP contribution in [-0.4, -0.2) is 30.3 Å². The second kappa shape index (κ2) is 6.94. The Bertz CT molecular complexity index is 295. The summed E-state index contributed by atoms with van der Waals surface area (Å²) in [5.41, 5.74) is 6.87. The minimum Gasteiger partial charge on any atom is -0.329 e.